The Kier molecular flexibility index (Phi) is 5.51. The Balaban J connectivity index is 2.80. The number of aliphatic hydroxyl groups excluding tert-OH is 1. The molecule has 1 heterocycles. The summed E-state index contributed by atoms with van der Waals surface area (Å²) in [4.78, 5) is 27.1. The van der Waals surface area contributed by atoms with Crippen LogP contribution in [0.25, 0.3) is 0 Å². The summed E-state index contributed by atoms with van der Waals surface area (Å²) in [6.45, 7) is 1.32. The molecule has 0 bridgehead atoms. The van der Waals surface area contributed by atoms with Gasteiger partial charge in [-0.2, -0.15) is 0 Å². The smallest absolute Gasteiger partial charge is 0.253 e. The van der Waals surface area contributed by atoms with Gasteiger partial charge in [-0.25, -0.2) is 0 Å². The van der Waals surface area contributed by atoms with Crippen molar-refractivity contribution in [3.63, 3.8) is 0 Å². The number of rotatable bonds is 3. The molecule has 0 aliphatic rings. The average molecular weight is 261 g/mol. The molecule has 0 aliphatic heterocycles. The van der Waals surface area contributed by atoms with Gasteiger partial charge in [0.2, 0.25) is 5.91 Å². The SMILES string of the molecule is CNC(=O)C(C)NC(=O)c1cncc(C#CCO)c1. The molecule has 0 radical (unpaired) electrons. The van der Waals surface area contributed by atoms with E-state index in [-0.39, 0.29) is 12.5 Å². The number of nitrogens with zero attached hydrogens (tertiary/aromatic N) is 1. The van der Waals surface area contributed by atoms with E-state index in [2.05, 4.69) is 27.5 Å². The Bertz CT molecular complexity index is 531. The molecule has 0 saturated heterocycles. The van der Waals surface area contributed by atoms with Crippen molar-refractivity contribution in [2.24, 2.45) is 0 Å². The molecule has 6 heteroatoms. The monoisotopic (exact) mass is 261 g/mol. The molecule has 0 aliphatic carbocycles. The number of hydrogen-bond donors (Lipinski definition) is 3. The van der Waals surface area contributed by atoms with Crippen molar-refractivity contribution in [2.45, 2.75) is 13.0 Å². The lowest BCUT2D eigenvalue weighted by Gasteiger charge is -2.12. The fourth-order valence-electron chi connectivity index (χ4n) is 1.34. The Morgan fingerprint density at radius 1 is 1.47 bits per heavy atom. The van der Waals surface area contributed by atoms with E-state index in [0.717, 1.165) is 0 Å². The zero-order chi connectivity index (χ0) is 14.3. The minimum absolute atomic E-state index is 0.260. The molecule has 2 amide bonds. The van der Waals surface area contributed by atoms with Crippen LogP contribution in [0.15, 0.2) is 18.5 Å². The number of likely N-dealkylation sites (N-methyl/N-ethyl adjacent to an activating group) is 1. The van der Waals surface area contributed by atoms with Gasteiger partial charge in [-0.1, -0.05) is 11.8 Å². The summed E-state index contributed by atoms with van der Waals surface area (Å²) in [6, 6.07) is 0.909. The molecule has 100 valence electrons. The third-order valence-electron chi connectivity index (χ3n) is 2.30. The summed E-state index contributed by atoms with van der Waals surface area (Å²) in [5.41, 5.74) is 0.829. The number of nitrogens with one attached hydrogen (secondary N) is 2. The van der Waals surface area contributed by atoms with Crippen molar-refractivity contribution in [2.75, 3.05) is 13.7 Å². The number of amides is 2. The van der Waals surface area contributed by atoms with Crippen molar-refractivity contribution in [1.29, 1.82) is 0 Å². The minimum Gasteiger partial charge on any atom is -0.384 e. The quantitative estimate of drug-likeness (QED) is 0.627. The molecule has 0 fully saturated rings. The van der Waals surface area contributed by atoms with Crippen LogP contribution < -0.4 is 10.6 Å². The summed E-state index contributed by atoms with van der Waals surface area (Å²) < 4.78 is 0. The maximum absolute atomic E-state index is 11.9. The van der Waals surface area contributed by atoms with Gasteiger partial charge in [-0.15, -0.1) is 0 Å². The zero-order valence-corrected chi connectivity index (χ0v) is 10.7. The number of hydrogen-bond acceptors (Lipinski definition) is 4. The van der Waals surface area contributed by atoms with Crippen molar-refractivity contribution in [3.8, 4) is 11.8 Å². The molecular formula is C13H15N3O3. The molecule has 1 aromatic rings. The van der Waals surface area contributed by atoms with Crippen molar-refractivity contribution < 1.29 is 14.7 Å². The van der Waals surface area contributed by atoms with Crippen LogP contribution in [0.1, 0.15) is 22.8 Å². The van der Waals surface area contributed by atoms with Gasteiger partial charge in [0, 0.05) is 25.0 Å². The second-order valence-electron chi connectivity index (χ2n) is 3.73. The average Bonchev–Trinajstić information content (AvgIpc) is 2.44. The standard InChI is InChI=1S/C13H15N3O3/c1-9(12(18)14-2)16-13(19)11-6-10(4-3-5-17)7-15-8-11/h6-9,17H,5H2,1-2H3,(H,14,18)(H,16,19). The largest absolute Gasteiger partial charge is 0.384 e. The number of pyridine rings is 1. The molecule has 1 unspecified atom stereocenters. The molecule has 1 atom stereocenters. The number of aromatic nitrogens is 1. The fraction of sp³-hybridized carbons (Fsp3) is 0.308. The predicted octanol–water partition coefficient (Wildman–Crippen LogP) is -0.710. The number of carbonyl (C=O) groups excluding carboxylic acids is 2. The summed E-state index contributed by atoms with van der Waals surface area (Å²) >= 11 is 0. The molecule has 1 aromatic heterocycles. The highest BCUT2D eigenvalue weighted by atomic mass is 16.2. The van der Waals surface area contributed by atoms with Gasteiger partial charge in [0.15, 0.2) is 0 Å². The first-order chi connectivity index (χ1) is 9.08. The second-order valence-corrected chi connectivity index (χ2v) is 3.73. The van der Waals surface area contributed by atoms with Gasteiger partial charge >= 0.3 is 0 Å². The lowest BCUT2D eigenvalue weighted by Crippen LogP contribution is -2.43. The Morgan fingerprint density at radius 2 is 2.21 bits per heavy atom. The molecule has 3 N–H and O–H groups in total. The van der Waals surface area contributed by atoms with E-state index in [1.807, 2.05) is 0 Å². The minimum atomic E-state index is -0.635. The second kappa shape index (κ2) is 7.13. The maximum Gasteiger partial charge on any atom is 0.253 e. The topological polar surface area (TPSA) is 91.3 Å². The lowest BCUT2D eigenvalue weighted by atomic mass is 10.2. The first kappa shape index (κ1) is 14.7. The first-order valence-electron chi connectivity index (χ1n) is 5.65. The van der Waals surface area contributed by atoms with Gasteiger partial charge < -0.3 is 15.7 Å². The van der Waals surface area contributed by atoms with Crippen LogP contribution in [0.2, 0.25) is 0 Å². The Hall–Kier alpha value is -2.39. The first-order valence-corrected chi connectivity index (χ1v) is 5.65. The highest BCUT2D eigenvalue weighted by Gasteiger charge is 2.15. The fourth-order valence-corrected chi connectivity index (χ4v) is 1.34. The van der Waals surface area contributed by atoms with Gasteiger partial charge in [0.25, 0.3) is 5.91 Å². The molecule has 0 spiro atoms. The number of carbonyl (C=O) groups is 2. The van der Waals surface area contributed by atoms with Crippen LogP contribution in [-0.2, 0) is 4.79 Å². The molecule has 1 rings (SSSR count). The molecule has 6 nitrogen and oxygen atoms in total. The Morgan fingerprint density at radius 3 is 2.84 bits per heavy atom. The van der Waals surface area contributed by atoms with E-state index in [1.165, 1.54) is 19.4 Å². The van der Waals surface area contributed by atoms with E-state index in [1.54, 1.807) is 13.0 Å². The van der Waals surface area contributed by atoms with Gasteiger partial charge in [0.1, 0.15) is 12.6 Å². The number of aliphatic hydroxyl groups is 1. The van der Waals surface area contributed by atoms with Gasteiger partial charge in [-0.05, 0) is 13.0 Å². The lowest BCUT2D eigenvalue weighted by molar-refractivity contribution is -0.122. The third-order valence-corrected chi connectivity index (χ3v) is 2.30. The van der Waals surface area contributed by atoms with Crippen LogP contribution in [0, 0.1) is 11.8 Å². The van der Waals surface area contributed by atoms with Crippen LogP contribution in [0.3, 0.4) is 0 Å². The normalized spacial score (nSPS) is 10.9. The maximum atomic E-state index is 11.9. The van der Waals surface area contributed by atoms with Crippen molar-refractivity contribution >= 4 is 11.8 Å². The van der Waals surface area contributed by atoms with Gasteiger partial charge in [-0.3, -0.25) is 14.6 Å². The van der Waals surface area contributed by atoms with Crippen LogP contribution >= 0.6 is 0 Å². The molecule has 19 heavy (non-hydrogen) atoms. The van der Waals surface area contributed by atoms with E-state index < -0.39 is 11.9 Å². The van der Waals surface area contributed by atoms with Crippen LogP contribution in [0.5, 0.6) is 0 Å². The summed E-state index contributed by atoms with van der Waals surface area (Å²) in [6.07, 6.45) is 2.87. The predicted molar refractivity (Wildman–Crippen MR) is 69.2 cm³/mol. The van der Waals surface area contributed by atoms with E-state index in [4.69, 9.17) is 5.11 Å². The van der Waals surface area contributed by atoms with E-state index in [9.17, 15) is 9.59 Å². The van der Waals surface area contributed by atoms with Crippen molar-refractivity contribution in [3.05, 3.63) is 29.6 Å². The van der Waals surface area contributed by atoms with Crippen LogP contribution in [-0.4, -0.2) is 41.6 Å². The highest BCUT2D eigenvalue weighted by Crippen LogP contribution is 2.02. The van der Waals surface area contributed by atoms with E-state index in [0.29, 0.717) is 11.1 Å². The van der Waals surface area contributed by atoms with Gasteiger partial charge in [0.05, 0.1) is 5.56 Å². The molecule has 0 saturated carbocycles. The zero-order valence-electron chi connectivity index (χ0n) is 10.7. The van der Waals surface area contributed by atoms with Crippen LogP contribution in [0.4, 0.5) is 0 Å². The summed E-state index contributed by atoms with van der Waals surface area (Å²) in [7, 11) is 1.50. The molecular weight excluding hydrogens is 246 g/mol. The van der Waals surface area contributed by atoms with Crippen molar-refractivity contribution in [1.82, 2.24) is 15.6 Å². The summed E-state index contributed by atoms with van der Waals surface area (Å²) in [5, 5.41) is 13.6. The Labute approximate surface area is 111 Å². The third kappa shape index (κ3) is 4.41. The summed E-state index contributed by atoms with van der Waals surface area (Å²) in [5.74, 6) is 4.44. The van der Waals surface area contributed by atoms with E-state index >= 15 is 0 Å². The molecule has 0 aromatic carbocycles. The highest BCUT2D eigenvalue weighted by molar-refractivity contribution is 5.97.